The Morgan fingerprint density at radius 2 is 2.00 bits per heavy atom. The Labute approximate surface area is 101 Å². The van der Waals surface area contributed by atoms with E-state index in [1.807, 2.05) is 19.1 Å². The van der Waals surface area contributed by atoms with Crippen LogP contribution in [-0.2, 0) is 14.3 Å². The highest BCUT2D eigenvalue weighted by Gasteiger charge is 2.34. The number of hydrogen-bond acceptors (Lipinski definition) is 3. The van der Waals surface area contributed by atoms with Gasteiger partial charge in [0.25, 0.3) is 0 Å². The molecule has 2 N–H and O–H groups in total. The summed E-state index contributed by atoms with van der Waals surface area (Å²) in [7, 11) is 1.56. The molecule has 0 aromatic rings. The molecule has 0 heterocycles. The lowest BCUT2D eigenvalue weighted by Crippen LogP contribution is -2.43. The first kappa shape index (κ1) is 13.7. The molecule has 3 atom stereocenters. The predicted molar refractivity (Wildman–Crippen MR) is 62.5 cm³/mol. The maximum Gasteiger partial charge on any atom is 0.307 e. The van der Waals surface area contributed by atoms with Crippen molar-refractivity contribution in [3.05, 3.63) is 12.2 Å². The summed E-state index contributed by atoms with van der Waals surface area (Å²) in [6.07, 6.45) is 4.60. The zero-order chi connectivity index (χ0) is 12.8. The van der Waals surface area contributed by atoms with Crippen molar-refractivity contribution in [2.24, 2.45) is 11.8 Å². The van der Waals surface area contributed by atoms with E-state index in [0.717, 1.165) is 0 Å². The summed E-state index contributed by atoms with van der Waals surface area (Å²) in [5.74, 6) is -2.20. The zero-order valence-electron chi connectivity index (χ0n) is 10.2. The molecular formula is C12H19NO4. The van der Waals surface area contributed by atoms with Crippen molar-refractivity contribution in [3.8, 4) is 0 Å². The number of aliphatic carboxylic acids is 1. The van der Waals surface area contributed by atoms with Crippen LogP contribution in [0, 0.1) is 11.8 Å². The van der Waals surface area contributed by atoms with Gasteiger partial charge in [0.05, 0.1) is 18.4 Å². The Kier molecular flexibility index (Phi) is 5.15. The number of carboxylic acid groups (broad SMARTS) is 1. The van der Waals surface area contributed by atoms with E-state index in [0.29, 0.717) is 19.4 Å². The molecule has 1 amide bonds. The van der Waals surface area contributed by atoms with E-state index in [-0.39, 0.29) is 11.9 Å². The number of carbonyl (C=O) groups excluding carboxylic acids is 1. The van der Waals surface area contributed by atoms with Crippen LogP contribution in [0.4, 0.5) is 0 Å². The van der Waals surface area contributed by atoms with Gasteiger partial charge >= 0.3 is 5.97 Å². The minimum atomic E-state index is -0.908. The fraction of sp³-hybridized carbons (Fsp3) is 0.667. The number of ether oxygens (including phenoxy) is 1. The van der Waals surface area contributed by atoms with Gasteiger partial charge in [-0.1, -0.05) is 12.2 Å². The highest BCUT2D eigenvalue weighted by molar-refractivity contribution is 5.85. The van der Waals surface area contributed by atoms with E-state index >= 15 is 0 Å². The van der Waals surface area contributed by atoms with Crippen LogP contribution in [0.5, 0.6) is 0 Å². The van der Waals surface area contributed by atoms with Crippen molar-refractivity contribution >= 4 is 11.9 Å². The lowest BCUT2D eigenvalue weighted by Gasteiger charge is -2.25. The van der Waals surface area contributed by atoms with Crippen LogP contribution in [0.1, 0.15) is 19.8 Å². The van der Waals surface area contributed by atoms with E-state index in [1.54, 1.807) is 7.11 Å². The van der Waals surface area contributed by atoms with Crippen molar-refractivity contribution in [2.45, 2.75) is 25.8 Å². The second kappa shape index (κ2) is 6.39. The average Bonchev–Trinajstić information content (AvgIpc) is 2.29. The van der Waals surface area contributed by atoms with Crippen LogP contribution in [0.2, 0.25) is 0 Å². The SMILES string of the molecule is COCC(C)NC(=O)C1CC=CCC1C(=O)O. The standard InChI is InChI=1S/C12H19NO4/c1-8(7-17-2)13-11(14)9-5-3-4-6-10(9)12(15)16/h3-4,8-10H,5-7H2,1-2H3,(H,13,14)(H,15,16). The molecule has 0 spiro atoms. The number of nitrogens with one attached hydrogen (secondary N) is 1. The molecule has 0 aromatic carbocycles. The van der Waals surface area contributed by atoms with Gasteiger partial charge in [0.1, 0.15) is 0 Å². The van der Waals surface area contributed by atoms with Gasteiger partial charge in [0.15, 0.2) is 0 Å². The molecule has 3 unspecified atom stereocenters. The number of hydrogen-bond donors (Lipinski definition) is 2. The van der Waals surface area contributed by atoms with Gasteiger partial charge in [-0.25, -0.2) is 0 Å². The Morgan fingerprint density at radius 3 is 2.53 bits per heavy atom. The number of rotatable bonds is 5. The third-order valence-electron chi connectivity index (χ3n) is 2.89. The minimum Gasteiger partial charge on any atom is -0.481 e. The maximum atomic E-state index is 11.9. The molecule has 0 radical (unpaired) electrons. The number of methoxy groups -OCH3 is 1. The topological polar surface area (TPSA) is 75.6 Å². The lowest BCUT2D eigenvalue weighted by molar-refractivity contribution is -0.147. The maximum absolute atomic E-state index is 11.9. The van der Waals surface area contributed by atoms with Crippen molar-refractivity contribution in [3.63, 3.8) is 0 Å². The van der Waals surface area contributed by atoms with Gasteiger partial charge in [0, 0.05) is 13.2 Å². The number of carboxylic acids is 1. The molecule has 0 aromatic heterocycles. The van der Waals surface area contributed by atoms with Crippen LogP contribution >= 0.6 is 0 Å². The van der Waals surface area contributed by atoms with Gasteiger partial charge in [-0.15, -0.1) is 0 Å². The molecule has 0 saturated heterocycles. The van der Waals surface area contributed by atoms with E-state index in [9.17, 15) is 9.59 Å². The van der Waals surface area contributed by atoms with E-state index in [2.05, 4.69) is 5.32 Å². The third-order valence-corrected chi connectivity index (χ3v) is 2.89. The second-order valence-electron chi connectivity index (χ2n) is 4.36. The fourth-order valence-electron chi connectivity index (χ4n) is 2.02. The molecule has 17 heavy (non-hydrogen) atoms. The van der Waals surface area contributed by atoms with Gasteiger partial charge in [0.2, 0.25) is 5.91 Å². The molecule has 5 heteroatoms. The number of allylic oxidation sites excluding steroid dienone is 2. The van der Waals surface area contributed by atoms with E-state index in [4.69, 9.17) is 9.84 Å². The Morgan fingerprint density at radius 1 is 1.41 bits per heavy atom. The average molecular weight is 241 g/mol. The van der Waals surface area contributed by atoms with Crippen LogP contribution in [0.3, 0.4) is 0 Å². The fourth-order valence-corrected chi connectivity index (χ4v) is 2.02. The third kappa shape index (κ3) is 3.85. The van der Waals surface area contributed by atoms with Crippen molar-refractivity contribution < 1.29 is 19.4 Å². The van der Waals surface area contributed by atoms with Gasteiger partial charge in [-0.2, -0.15) is 0 Å². The summed E-state index contributed by atoms with van der Waals surface area (Å²) in [4.78, 5) is 23.0. The molecule has 0 fully saturated rings. The van der Waals surface area contributed by atoms with Crippen LogP contribution in [-0.4, -0.2) is 36.7 Å². The highest BCUT2D eigenvalue weighted by Crippen LogP contribution is 2.26. The van der Waals surface area contributed by atoms with Crippen LogP contribution in [0.15, 0.2) is 12.2 Å². The lowest BCUT2D eigenvalue weighted by atomic mass is 9.82. The zero-order valence-corrected chi connectivity index (χ0v) is 10.2. The van der Waals surface area contributed by atoms with Gasteiger partial charge in [-0.05, 0) is 19.8 Å². The summed E-state index contributed by atoms with van der Waals surface area (Å²) in [5, 5.41) is 11.8. The van der Waals surface area contributed by atoms with Crippen molar-refractivity contribution in [2.75, 3.05) is 13.7 Å². The number of amides is 1. The predicted octanol–water partition coefficient (Wildman–Crippen LogP) is 0.804. The molecule has 0 saturated carbocycles. The Balaban J connectivity index is 2.60. The van der Waals surface area contributed by atoms with Crippen LogP contribution in [0.25, 0.3) is 0 Å². The normalized spacial score (nSPS) is 25.3. The molecular weight excluding hydrogens is 222 g/mol. The van der Waals surface area contributed by atoms with Crippen LogP contribution < -0.4 is 5.32 Å². The minimum absolute atomic E-state index is 0.104. The first-order valence-electron chi connectivity index (χ1n) is 5.73. The van der Waals surface area contributed by atoms with Crippen molar-refractivity contribution in [1.82, 2.24) is 5.32 Å². The summed E-state index contributed by atoms with van der Waals surface area (Å²) >= 11 is 0. The highest BCUT2D eigenvalue weighted by atomic mass is 16.5. The number of carbonyl (C=O) groups is 2. The second-order valence-corrected chi connectivity index (χ2v) is 4.36. The van der Waals surface area contributed by atoms with Gasteiger partial charge < -0.3 is 15.2 Å². The first-order chi connectivity index (χ1) is 8.06. The largest absolute Gasteiger partial charge is 0.481 e. The monoisotopic (exact) mass is 241 g/mol. The van der Waals surface area contributed by atoms with Gasteiger partial charge in [-0.3, -0.25) is 9.59 Å². The molecule has 1 aliphatic carbocycles. The van der Waals surface area contributed by atoms with E-state index in [1.165, 1.54) is 0 Å². The summed E-state index contributed by atoms with van der Waals surface area (Å²) < 4.78 is 4.92. The molecule has 1 rings (SSSR count). The van der Waals surface area contributed by atoms with Crippen molar-refractivity contribution in [1.29, 1.82) is 0 Å². The Bertz CT molecular complexity index is 314. The molecule has 5 nitrogen and oxygen atoms in total. The molecule has 0 bridgehead atoms. The molecule has 0 aliphatic heterocycles. The first-order valence-corrected chi connectivity index (χ1v) is 5.73. The quantitative estimate of drug-likeness (QED) is 0.698. The molecule has 1 aliphatic rings. The Hall–Kier alpha value is -1.36. The smallest absolute Gasteiger partial charge is 0.307 e. The summed E-state index contributed by atoms with van der Waals surface area (Å²) in [6.45, 7) is 2.25. The molecule has 96 valence electrons. The summed E-state index contributed by atoms with van der Waals surface area (Å²) in [6, 6.07) is -0.104. The summed E-state index contributed by atoms with van der Waals surface area (Å²) in [5.41, 5.74) is 0. The van der Waals surface area contributed by atoms with E-state index < -0.39 is 17.8 Å².